The molecule has 2 unspecified atom stereocenters. The summed E-state index contributed by atoms with van der Waals surface area (Å²) >= 11 is 3.35. The molecule has 142 valence electrons. The fourth-order valence-corrected chi connectivity index (χ4v) is 3.25. The molecule has 0 radical (unpaired) electrons. The highest BCUT2D eigenvalue weighted by atomic mass is 79.9. The van der Waals surface area contributed by atoms with Gasteiger partial charge >= 0.3 is 5.97 Å². The maximum atomic E-state index is 12.1. The molecule has 26 heavy (non-hydrogen) atoms. The van der Waals surface area contributed by atoms with Gasteiger partial charge in [0, 0.05) is 43.3 Å². The van der Waals surface area contributed by atoms with Crippen LogP contribution in [-0.2, 0) is 9.53 Å². The highest BCUT2D eigenvalue weighted by Gasteiger charge is 2.36. The van der Waals surface area contributed by atoms with Crippen molar-refractivity contribution in [1.82, 2.24) is 15.5 Å². The molecule has 1 amide bonds. The zero-order chi connectivity index (χ0) is 19.1. The summed E-state index contributed by atoms with van der Waals surface area (Å²) in [4.78, 5) is 30.2. The molecule has 1 aliphatic heterocycles. The molecule has 0 aliphatic carbocycles. The van der Waals surface area contributed by atoms with Crippen molar-refractivity contribution in [1.29, 1.82) is 0 Å². The van der Waals surface area contributed by atoms with Gasteiger partial charge in [0.2, 0.25) is 0 Å². The molecule has 1 saturated heterocycles. The molecule has 1 heterocycles. The highest BCUT2D eigenvalue weighted by Crippen LogP contribution is 2.23. The molecule has 1 fully saturated rings. The number of likely N-dealkylation sites (tertiary alicyclic amines) is 1. The first-order valence-corrected chi connectivity index (χ1v) is 9.32. The highest BCUT2D eigenvalue weighted by molar-refractivity contribution is 9.10. The number of nitrogens with zero attached hydrogens (tertiary/aromatic N) is 2. The monoisotopic (exact) mass is 424 g/mol. The molecular weight excluding hydrogens is 400 g/mol. The van der Waals surface area contributed by atoms with E-state index in [1.165, 1.54) is 7.11 Å². The number of halogens is 1. The predicted octanol–water partition coefficient (Wildman–Crippen LogP) is 1.50. The Bertz CT molecular complexity index is 663. The number of ether oxygens (including phenoxy) is 1. The lowest BCUT2D eigenvalue weighted by Gasteiger charge is -2.21. The van der Waals surface area contributed by atoms with Crippen molar-refractivity contribution in [2.45, 2.75) is 6.92 Å². The first-order valence-electron chi connectivity index (χ1n) is 8.53. The molecular formula is C18H25BrN4O3. The summed E-state index contributed by atoms with van der Waals surface area (Å²) in [7, 11) is 3.12. The Morgan fingerprint density at radius 2 is 1.88 bits per heavy atom. The van der Waals surface area contributed by atoms with Crippen LogP contribution in [0.3, 0.4) is 0 Å². The lowest BCUT2D eigenvalue weighted by Crippen LogP contribution is -2.43. The van der Waals surface area contributed by atoms with Gasteiger partial charge < -0.3 is 20.3 Å². The van der Waals surface area contributed by atoms with Crippen molar-refractivity contribution in [3.63, 3.8) is 0 Å². The SMILES string of the molecule is CN=C(NCCNC(=O)c1ccc(Br)cc1)N1CC(C)C(C(=O)OC)C1. The van der Waals surface area contributed by atoms with E-state index in [1.54, 1.807) is 19.2 Å². The van der Waals surface area contributed by atoms with Gasteiger partial charge in [0.15, 0.2) is 5.96 Å². The van der Waals surface area contributed by atoms with Crippen LogP contribution in [0.25, 0.3) is 0 Å². The minimum absolute atomic E-state index is 0.116. The van der Waals surface area contributed by atoms with Crippen LogP contribution < -0.4 is 10.6 Å². The van der Waals surface area contributed by atoms with Crippen LogP contribution in [-0.4, -0.2) is 63.1 Å². The van der Waals surface area contributed by atoms with Gasteiger partial charge in [-0.15, -0.1) is 0 Å². The van der Waals surface area contributed by atoms with E-state index in [9.17, 15) is 9.59 Å². The Morgan fingerprint density at radius 1 is 1.23 bits per heavy atom. The van der Waals surface area contributed by atoms with Crippen LogP contribution >= 0.6 is 15.9 Å². The Balaban J connectivity index is 1.78. The van der Waals surface area contributed by atoms with Crippen LogP contribution in [0.1, 0.15) is 17.3 Å². The number of methoxy groups -OCH3 is 1. The quantitative estimate of drug-likeness (QED) is 0.323. The van der Waals surface area contributed by atoms with Crippen molar-refractivity contribution in [3.05, 3.63) is 34.3 Å². The molecule has 7 nitrogen and oxygen atoms in total. The number of esters is 1. The van der Waals surface area contributed by atoms with Gasteiger partial charge in [0.05, 0.1) is 13.0 Å². The van der Waals surface area contributed by atoms with Gasteiger partial charge in [-0.2, -0.15) is 0 Å². The van der Waals surface area contributed by atoms with Gasteiger partial charge in [-0.25, -0.2) is 0 Å². The van der Waals surface area contributed by atoms with Gasteiger partial charge in [-0.05, 0) is 30.2 Å². The van der Waals surface area contributed by atoms with E-state index < -0.39 is 0 Å². The standard InChI is InChI=1S/C18H25BrN4O3/c1-12-10-23(11-15(12)17(25)26-3)18(20-2)22-9-8-21-16(24)13-4-6-14(19)7-5-13/h4-7,12,15H,8-11H2,1-3H3,(H,20,22)(H,21,24). The lowest BCUT2D eigenvalue weighted by atomic mass is 9.99. The summed E-state index contributed by atoms with van der Waals surface area (Å²) in [5.74, 6) is 0.488. The van der Waals surface area contributed by atoms with Crippen LogP contribution in [0.15, 0.2) is 33.7 Å². The summed E-state index contributed by atoms with van der Waals surface area (Å²) in [6.07, 6.45) is 0. The van der Waals surface area contributed by atoms with Crippen LogP contribution in [0, 0.1) is 11.8 Å². The summed E-state index contributed by atoms with van der Waals surface area (Å²) < 4.78 is 5.80. The van der Waals surface area contributed by atoms with Crippen molar-refractivity contribution >= 4 is 33.8 Å². The van der Waals surface area contributed by atoms with E-state index in [2.05, 4.69) is 31.6 Å². The Kier molecular flexibility index (Phi) is 7.44. The molecule has 0 aromatic heterocycles. The number of hydrogen-bond acceptors (Lipinski definition) is 4. The van der Waals surface area contributed by atoms with Gasteiger partial charge in [-0.1, -0.05) is 22.9 Å². The molecule has 0 bridgehead atoms. The molecule has 1 aromatic rings. The molecule has 2 rings (SSSR count). The first-order chi connectivity index (χ1) is 12.5. The average Bonchev–Trinajstić information content (AvgIpc) is 3.03. The second-order valence-corrected chi connectivity index (χ2v) is 7.16. The number of rotatable bonds is 5. The molecule has 1 aromatic carbocycles. The second kappa shape index (κ2) is 9.56. The van der Waals surface area contributed by atoms with E-state index in [0.29, 0.717) is 25.2 Å². The number of hydrogen-bond donors (Lipinski definition) is 2. The number of carbonyl (C=O) groups is 2. The lowest BCUT2D eigenvalue weighted by molar-refractivity contribution is -0.145. The summed E-state index contributed by atoms with van der Waals surface area (Å²) in [5.41, 5.74) is 0.617. The molecule has 8 heteroatoms. The van der Waals surface area contributed by atoms with E-state index in [-0.39, 0.29) is 23.7 Å². The number of carbonyl (C=O) groups excluding carboxylic acids is 2. The molecule has 0 spiro atoms. The topological polar surface area (TPSA) is 83.0 Å². The van der Waals surface area contributed by atoms with Crippen molar-refractivity contribution in [3.8, 4) is 0 Å². The Morgan fingerprint density at radius 3 is 2.50 bits per heavy atom. The van der Waals surface area contributed by atoms with E-state index >= 15 is 0 Å². The number of nitrogens with one attached hydrogen (secondary N) is 2. The van der Waals surface area contributed by atoms with Crippen LogP contribution in [0.5, 0.6) is 0 Å². The van der Waals surface area contributed by atoms with E-state index in [4.69, 9.17) is 4.74 Å². The number of guanidine groups is 1. The van der Waals surface area contributed by atoms with Crippen molar-refractivity contribution < 1.29 is 14.3 Å². The summed E-state index contributed by atoms with van der Waals surface area (Å²) in [6.45, 7) is 4.37. The van der Waals surface area contributed by atoms with Gasteiger partial charge in [0.1, 0.15) is 0 Å². The van der Waals surface area contributed by atoms with E-state index in [0.717, 1.165) is 17.0 Å². The molecule has 2 N–H and O–H groups in total. The third kappa shape index (κ3) is 5.20. The smallest absolute Gasteiger partial charge is 0.310 e. The van der Waals surface area contributed by atoms with Crippen LogP contribution in [0.4, 0.5) is 0 Å². The fourth-order valence-electron chi connectivity index (χ4n) is 2.98. The maximum Gasteiger partial charge on any atom is 0.310 e. The first kappa shape index (κ1) is 20.2. The minimum atomic E-state index is -0.183. The second-order valence-electron chi connectivity index (χ2n) is 6.25. The normalized spacial score (nSPS) is 20.0. The number of benzene rings is 1. The van der Waals surface area contributed by atoms with Crippen molar-refractivity contribution in [2.24, 2.45) is 16.8 Å². The minimum Gasteiger partial charge on any atom is -0.469 e. The number of aliphatic imine (C=N–C) groups is 1. The van der Waals surface area contributed by atoms with Gasteiger partial charge in [-0.3, -0.25) is 14.6 Å². The van der Waals surface area contributed by atoms with E-state index in [1.807, 2.05) is 24.0 Å². The Hall–Kier alpha value is -2.09. The zero-order valence-electron chi connectivity index (χ0n) is 15.3. The van der Waals surface area contributed by atoms with Crippen molar-refractivity contribution in [2.75, 3.05) is 40.3 Å². The third-order valence-corrected chi connectivity index (χ3v) is 4.96. The fraction of sp³-hybridized carbons (Fsp3) is 0.500. The Labute approximate surface area is 162 Å². The third-order valence-electron chi connectivity index (χ3n) is 4.43. The molecule has 0 saturated carbocycles. The summed E-state index contributed by atoms with van der Waals surface area (Å²) in [5, 5.41) is 6.10. The predicted molar refractivity (Wildman–Crippen MR) is 104 cm³/mol. The molecule has 2 atom stereocenters. The number of amides is 1. The maximum absolute atomic E-state index is 12.1. The van der Waals surface area contributed by atoms with Crippen LogP contribution in [0.2, 0.25) is 0 Å². The molecule has 1 aliphatic rings. The van der Waals surface area contributed by atoms with Gasteiger partial charge in [0.25, 0.3) is 5.91 Å². The zero-order valence-corrected chi connectivity index (χ0v) is 16.9. The summed E-state index contributed by atoms with van der Waals surface area (Å²) in [6, 6.07) is 7.21. The average molecular weight is 425 g/mol. The largest absolute Gasteiger partial charge is 0.469 e.